The van der Waals surface area contributed by atoms with Crippen molar-refractivity contribution in [1.82, 2.24) is 35.6 Å². The summed E-state index contributed by atoms with van der Waals surface area (Å²) in [5, 5.41) is 11.1. The summed E-state index contributed by atoms with van der Waals surface area (Å²) in [5.74, 6) is -4.67. The van der Waals surface area contributed by atoms with E-state index < -0.39 is 46.8 Å². The molecule has 2 aromatic carbocycles. The van der Waals surface area contributed by atoms with E-state index >= 15 is 4.79 Å². The Morgan fingerprint density at radius 2 is 0.755 bits per heavy atom. The highest BCUT2D eigenvalue weighted by Crippen LogP contribution is 2.53. The molecule has 0 spiro atoms. The number of hydrogen-bond acceptors (Lipinski definition) is 11. The van der Waals surface area contributed by atoms with Crippen LogP contribution in [0.15, 0.2) is 60.7 Å². The number of benzene rings is 2. The standard InChI is InChI=1S/C55H85N3O4.C36H62N4O4/c1-10-11-12-13-14-15-16-17-18-19-20-21-22-23-24-31-36-57-49(60)46(39-52(3,4)42-32-27-25-28-33-42)47(51(57)62)55(9,43-34-29-26-30-35-43)40-45-41(2)48(59)58(50(45)61)44-37-53(5,6)56-54(7,8)38-44;1-13-21(3)15-27-28(32(44)40(31(27)43)25-19-35(9,10)38-36(11,12)20-25)23(14-2)16-26-22(4)29(41)39(30(26)42)24-17-33(5,6)37-34(7,8)18-24/h25-30,32-35,41,44-47,56H,10-24,31,36-40H2,1-9H3;21-28,37-38H,13-20H2,1-12H3. The molecule has 8 amide bonds. The fourth-order valence-electron chi connectivity index (χ4n) is 21.8. The number of imide groups is 4. The van der Waals surface area contributed by atoms with E-state index in [9.17, 15) is 33.6 Å². The van der Waals surface area contributed by atoms with Crippen LogP contribution in [0.2, 0.25) is 0 Å². The fourth-order valence-corrected chi connectivity index (χ4v) is 21.8. The van der Waals surface area contributed by atoms with Crippen LogP contribution in [0.1, 0.15) is 336 Å². The zero-order valence-electron chi connectivity index (χ0n) is 70.3. The number of nitrogens with zero attached hydrogens (tertiary/aromatic N) is 4. The summed E-state index contributed by atoms with van der Waals surface area (Å²) in [7, 11) is 0. The third-order valence-corrected chi connectivity index (χ3v) is 26.4. The van der Waals surface area contributed by atoms with Gasteiger partial charge in [-0.15, -0.1) is 0 Å². The van der Waals surface area contributed by atoms with Gasteiger partial charge in [-0.2, -0.15) is 0 Å². The normalized spacial score (nSPS) is 28.0. The predicted molar refractivity (Wildman–Crippen MR) is 429 cm³/mol. The Morgan fingerprint density at radius 1 is 0.396 bits per heavy atom. The Bertz CT molecular complexity index is 3270. The van der Waals surface area contributed by atoms with Gasteiger partial charge >= 0.3 is 0 Å². The molecular weight excluding hydrogens is 1320 g/mol. The summed E-state index contributed by atoms with van der Waals surface area (Å²) in [5.41, 5.74) is -0.465. The zero-order chi connectivity index (χ0) is 78.3. The molecule has 0 aliphatic carbocycles. The molecule has 11 atom stereocenters. The van der Waals surface area contributed by atoms with Crippen LogP contribution < -0.4 is 16.0 Å². The second-order valence-corrected chi connectivity index (χ2v) is 39.7. The summed E-state index contributed by atoms with van der Waals surface area (Å²) in [4.78, 5) is 122. The number of unbranched alkanes of at least 4 members (excludes halogenated alkanes) is 15. The zero-order valence-corrected chi connectivity index (χ0v) is 70.3. The average Bonchev–Trinajstić information content (AvgIpc) is 1.56. The van der Waals surface area contributed by atoms with Gasteiger partial charge in [0.25, 0.3) is 0 Å². The van der Waals surface area contributed by atoms with Crippen LogP contribution in [0.5, 0.6) is 0 Å². The number of piperidine rings is 3. The molecule has 9 rings (SSSR count). The van der Waals surface area contributed by atoms with Crippen molar-refractivity contribution >= 4 is 47.3 Å². The van der Waals surface area contributed by atoms with Crippen molar-refractivity contribution in [3.8, 4) is 0 Å². The Labute approximate surface area is 642 Å². The van der Waals surface area contributed by atoms with E-state index in [1.165, 1.54) is 83.5 Å². The van der Waals surface area contributed by atoms with Gasteiger partial charge in [0.2, 0.25) is 47.3 Å². The Hall–Kier alpha value is -5.12. The molecule has 7 fully saturated rings. The summed E-state index contributed by atoms with van der Waals surface area (Å²) >= 11 is 0. The molecule has 0 bridgehead atoms. The number of rotatable bonds is 34. The van der Waals surface area contributed by atoms with E-state index in [0.717, 1.165) is 62.5 Å². The lowest BCUT2D eigenvalue weighted by molar-refractivity contribution is -0.147. The van der Waals surface area contributed by atoms with E-state index in [-0.39, 0.29) is 116 Å². The minimum absolute atomic E-state index is 0.0279. The average molecular weight is 1470 g/mol. The molecule has 7 aliphatic rings. The van der Waals surface area contributed by atoms with Crippen molar-refractivity contribution in [2.45, 2.75) is 387 Å². The number of nitrogens with one attached hydrogen (secondary N) is 3. The lowest BCUT2D eigenvalue weighted by atomic mass is 9.60. The molecule has 106 heavy (non-hydrogen) atoms. The molecule has 15 heteroatoms. The summed E-state index contributed by atoms with van der Waals surface area (Å²) < 4.78 is 0. The van der Waals surface area contributed by atoms with Crippen LogP contribution in [0.3, 0.4) is 0 Å². The highest BCUT2D eigenvalue weighted by molar-refractivity contribution is 6.08. The van der Waals surface area contributed by atoms with Gasteiger partial charge in [0, 0.05) is 75.2 Å². The van der Waals surface area contributed by atoms with Gasteiger partial charge in [-0.05, 0) is 182 Å². The molecule has 7 heterocycles. The van der Waals surface area contributed by atoms with Crippen molar-refractivity contribution in [2.24, 2.45) is 59.2 Å². The maximum atomic E-state index is 15.2. The SMILES string of the molecule is CCC(C)CC1C(=O)N(C2CC(C)(C)NC(C)(C)C2)C(=O)C1C(CC)CC1C(=O)N(C2CC(C)(C)NC(C)(C)C2)C(=O)C1C.CCCCCCCCCCCCCCCCCCN1C(=O)C(CC(C)(C)c2ccccc2)C(C(C)(CC2C(=O)N(C3CC(C)(C)NC(C)(C)C3)C(=O)C2C)c2ccccc2)C1=O. The van der Waals surface area contributed by atoms with Crippen molar-refractivity contribution in [3.05, 3.63) is 71.8 Å². The van der Waals surface area contributed by atoms with Crippen LogP contribution in [0.4, 0.5) is 0 Å². The van der Waals surface area contributed by atoms with Crippen LogP contribution in [-0.2, 0) is 49.2 Å². The predicted octanol–water partition coefficient (Wildman–Crippen LogP) is 18.2. The van der Waals surface area contributed by atoms with Crippen LogP contribution in [-0.4, -0.2) is 125 Å². The van der Waals surface area contributed by atoms with Crippen molar-refractivity contribution in [1.29, 1.82) is 0 Å². The molecule has 0 aromatic heterocycles. The minimum atomic E-state index is -0.883. The molecule has 0 radical (unpaired) electrons. The van der Waals surface area contributed by atoms with Crippen molar-refractivity contribution in [3.63, 3.8) is 0 Å². The second-order valence-electron chi connectivity index (χ2n) is 39.7. The summed E-state index contributed by atoms with van der Waals surface area (Å²) in [6, 6.07) is 19.9. The highest BCUT2D eigenvalue weighted by Gasteiger charge is 2.62. The van der Waals surface area contributed by atoms with Gasteiger partial charge in [-0.3, -0.25) is 58.0 Å². The lowest BCUT2D eigenvalue weighted by Gasteiger charge is -2.48. The van der Waals surface area contributed by atoms with Gasteiger partial charge in [0.1, 0.15) is 0 Å². The Kier molecular flexibility index (Phi) is 29.0. The minimum Gasteiger partial charge on any atom is -0.307 e. The summed E-state index contributed by atoms with van der Waals surface area (Å²) in [6.07, 6.45) is 28.1. The molecule has 7 saturated heterocycles. The maximum absolute atomic E-state index is 15.2. The summed E-state index contributed by atoms with van der Waals surface area (Å²) in [6.45, 7) is 45.0. The first-order valence-electron chi connectivity index (χ1n) is 42.5. The first kappa shape index (κ1) is 86.5. The van der Waals surface area contributed by atoms with Crippen molar-refractivity contribution in [2.75, 3.05) is 6.54 Å². The molecule has 2 aromatic rings. The molecule has 0 saturated carbocycles. The smallest absolute Gasteiger partial charge is 0.233 e. The highest BCUT2D eigenvalue weighted by atomic mass is 16.2. The number of likely N-dealkylation sites (tertiary alicyclic amines) is 4. The largest absolute Gasteiger partial charge is 0.307 e. The molecule has 594 valence electrons. The first-order chi connectivity index (χ1) is 49.5. The topological polar surface area (TPSA) is 186 Å². The molecule has 7 aliphatic heterocycles. The molecular formula is C91H147N7O8. The van der Waals surface area contributed by atoms with E-state index in [1.807, 2.05) is 50.2 Å². The van der Waals surface area contributed by atoms with E-state index in [0.29, 0.717) is 57.4 Å². The Morgan fingerprint density at radius 3 is 1.15 bits per heavy atom. The van der Waals surface area contributed by atoms with Crippen molar-refractivity contribution < 1.29 is 38.4 Å². The molecule has 15 nitrogen and oxygen atoms in total. The van der Waals surface area contributed by atoms with Gasteiger partial charge in [-0.1, -0.05) is 232 Å². The van der Waals surface area contributed by atoms with E-state index in [2.05, 4.69) is 172 Å². The Balaban J connectivity index is 0.000000284. The second kappa shape index (κ2) is 35.5. The number of hydrogen-bond donors (Lipinski definition) is 3. The number of carbonyl (C=O) groups is 8. The van der Waals surface area contributed by atoms with Gasteiger partial charge in [-0.25, -0.2) is 0 Å². The van der Waals surface area contributed by atoms with E-state index in [1.54, 1.807) is 19.6 Å². The van der Waals surface area contributed by atoms with Gasteiger partial charge < -0.3 is 16.0 Å². The van der Waals surface area contributed by atoms with Gasteiger partial charge in [0.15, 0.2) is 0 Å². The maximum Gasteiger partial charge on any atom is 0.233 e. The van der Waals surface area contributed by atoms with Crippen LogP contribution >= 0.6 is 0 Å². The number of carbonyl (C=O) groups excluding carboxylic acids is 8. The monoisotopic (exact) mass is 1470 g/mol. The van der Waals surface area contributed by atoms with Gasteiger partial charge in [0.05, 0.1) is 35.5 Å². The third-order valence-electron chi connectivity index (χ3n) is 26.4. The fraction of sp³-hybridized carbons (Fsp3) is 0.780. The molecule has 3 N–H and O–H groups in total. The molecule has 11 unspecified atom stereocenters. The third kappa shape index (κ3) is 20.9. The van der Waals surface area contributed by atoms with Crippen LogP contribution in [0.25, 0.3) is 0 Å². The lowest BCUT2D eigenvalue weighted by Crippen LogP contribution is -2.63. The van der Waals surface area contributed by atoms with E-state index in [4.69, 9.17) is 0 Å². The number of amides is 8. The first-order valence-corrected chi connectivity index (χ1v) is 42.5. The quantitative estimate of drug-likeness (QED) is 0.0447. The van der Waals surface area contributed by atoms with Crippen LogP contribution in [0, 0.1) is 59.2 Å².